The number of aromatic nitrogens is 1. The van der Waals surface area contributed by atoms with E-state index >= 15 is 0 Å². The van der Waals surface area contributed by atoms with E-state index in [9.17, 15) is 4.79 Å². The summed E-state index contributed by atoms with van der Waals surface area (Å²) in [5, 5.41) is 7.47. The van der Waals surface area contributed by atoms with Gasteiger partial charge >= 0.3 is 0 Å². The summed E-state index contributed by atoms with van der Waals surface area (Å²) < 4.78 is 0. The Morgan fingerprint density at radius 3 is 2.25 bits per heavy atom. The summed E-state index contributed by atoms with van der Waals surface area (Å²) in [6.45, 7) is 3.98. The second kappa shape index (κ2) is 9.55. The van der Waals surface area contributed by atoms with Crippen molar-refractivity contribution in [2.24, 2.45) is 0 Å². The van der Waals surface area contributed by atoms with E-state index in [4.69, 9.17) is 23.2 Å². The minimum absolute atomic E-state index is 0.0205. The molecule has 0 spiro atoms. The summed E-state index contributed by atoms with van der Waals surface area (Å²) >= 11 is 13.6. The molecule has 0 radical (unpaired) electrons. The maximum atomic E-state index is 12.5. The van der Waals surface area contributed by atoms with Crippen molar-refractivity contribution in [3.63, 3.8) is 0 Å². The van der Waals surface area contributed by atoms with E-state index in [2.05, 4.69) is 10.3 Å². The fourth-order valence-electron chi connectivity index (χ4n) is 3.23. The first-order valence-corrected chi connectivity index (χ1v) is 10.7. The predicted molar refractivity (Wildman–Crippen MR) is 118 cm³/mol. The van der Waals surface area contributed by atoms with Gasteiger partial charge < -0.3 is 5.32 Å². The van der Waals surface area contributed by atoms with E-state index in [1.54, 1.807) is 11.3 Å². The van der Waals surface area contributed by atoms with Crippen LogP contribution in [-0.2, 0) is 17.6 Å². The minimum Gasteiger partial charge on any atom is -0.353 e. The maximum Gasteiger partial charge on any atom is 0.226 e. The van der Waals surface area contributed by atoms with Gasteiger partial charge in [0.1, 0.15) is 0 Å². The van der Waals surface area contributed by atoms with Crippen molar-refractivity contribution in [2.75, 3.05) is 0 Å². The topological polar surface area (TPSA) is 42.0 Å². The van der Waals surface area contributed by atoms with Gasteiger partial charge in [0.2, 0.25) is 5.91 Å². The van der Waals surface area contributed by atoms with Crippen molar-refractivity contribution in [1.82, 2.24) is 10.3 Å². The van der Waals surface area contributed by atoms with Gasteiger partial charge in [0.25, 0.3) is 0 Å². The number of nitrogens with one attached hydrogen (secondary N) is 1. The van der Waals surface area contributed by atoms with Crippen LogP contribution < -0.4 is 5.32 Å². The number of carbonyl (C=O) groups excluding carboxylic acids is 1. The summed E-state index contributed by atoms with van der Waals surface area (Å²) in [5.41, 5.74) is 3.12. The van der Waals surface area contributed by atoms with Crippen LogP contribution >= 0.6 is 34.5 Å². The number of hydrogen-bond donors (Lipinski definition) is 1. The number of carbonyl (C=O) groups is 1. The third-order valence-corrected chi connectivity index (χ3v) is 5.99. The predicted octanol–water partition coefficient (Wildman–Crippen LogP) is 5.83. The molecule has 0 bridgehead atoms. The van der Waals surface area contributed by atoms with Crippen molar-refractivity contribution < 1.29 is 4.79 Å². The molecule has 146 valence electrons. The molecule has 0 aliphatic heterocycles. The van der Waals surface area contributed by atoms with Gasteiger partial charge in [-0.3, -0.25) is 4.79 Å². The number of thiazole rings is 1. The van der Waals surface area contributed by atoms with E-state index in [0.717, 1.165) is 22.7 Å². The number of amides is 1. The van der Waals surface area contributed by atoms with E-state index in [1.165, 1.54) is 5.56 Å². The molecule has 1 aromatic heterocycles. The SMILES string of the molecule is Cc1nc(CC(=O)NC(C)C(Cc2ccc(Cl)cc2)c2ccc(Cl)cc2)cs1. The highest BCUT2D eigenvalue weighted by Gasteiger charge is 2.22. The minimum atomic E-state index is -0.0518. The third kappa shape index (κ3) is 5.81. The quantitative estimate of drug-likeness (QED) is 0.509. The zero-order valence-corrected chi connectivity index (χ0v) is 18.1. The van der Waals surface area contributed by atoms with Crippen LogP contribution in [0.4, 0.5) is 0 Å². The van der Waals surface area contributed by atoms with E-state index in [-0.39, 0.29) is 17.9 Å². The Morgan fingerprint density at radius 2 is 1.68 bits per heavy atom. The molecule has 2 aromatic carbocycles. The zero-order chi connectivity index (χ0) is 20.1. The Labute approximate surface area is 179 Å². The van der Waals surface area contributed by atoms with Crippen molar-refractivity contribution in [1.29, 1.82) is 0 Å². The van der Waals surface area contributed by atoms with Crippen LogP contribution in [-0.4, -0.2) is 16.9 Å². The Bertz CT molecular complexity index is 922. The first kappa shape index (κ1) is 20.8. The number of rotatable bonds is 7. The van der Waals surface area contributed by atoms with Crippen molar-refractivity contribution in [3.8, 4) is 0 Å². The fourth-order valence-corrected chi connectivity index (χ4v) is 4.09. The third-order valence-electron chi connectivity index (χ3n) is 4.67. The Hall–Kier alpha value is -1.88. The van der Waals surface area contributed by atoms with Gasteiger partial charge in [-0.1, -0.05) is 47.5 Å². The largest absolute Gasteiger partial charge is 0.353 e. The molecular formula is C22H22Cl2N2OS. The number of benzene rings is 2. The first-order chi connectivity index (χ1) is 13.4. The van der Waals surface area contributed by atoms with Crippen LogP contribution in [0.15, 0.2) is 53.9 Å². The van der Waals surface area contributed by atoms with Crippen molar-refractivity contribution >= 4 is 40.4 Å². The lowest BCUT2D eigenvalue weighted by molar-refractivity contribution is -0.121. The molecule has 0 aliphatic rings. The number of halogens is 2. The summed E-state index contributed by atoms with van der Waals surface area (Å²) in [4.78, 5) is 16.9. The van der Waals surface area contributed by atoms with E-state index in [0.29, 0.717) is 16.5 Å². The molecule has 6 heteroatoms. The van der Waals surface area contributed by atoms with Crippen LogP contribution in [0, 0.1) is 6.92 Å². The standard InChI is InChI=1S/C22H22Cl2N2OS/c1-14(25-22(27)12-20-13-28-15(2)26-20)21(17-5-9-19(24)10-6-17)11-16-3-7-18(23)8-4-16/h3-10,13-14,21H,11-12H2,1-2H3,(H,25,27). The van der Waals surface area contributed by atoms with Crippen LogP contribution in [0.1, 0.15) is 34.7 Å². The highest BCUT2D eigenvalue weighted by molar-refractivity contribution is 7.09. The normalized spacial score (nSPS) is 13.1. The molecule has 2 unspecified atom stereocenters. The van der Waals surface area contributed by atoms with Gasteiger partial charge in [-0.2, -0.15) is 0 Å². The summed E-state index contributed by atoms with van der Waals surface area (Å²) in [6, 6.07) is 15.6. The molecule has 2 atom stereocenters. The van der Waals surface area contributed by atoms with E-state index < -0.39 is 0 Å². The molecule has 1 N–H and O–H groups in total. The Kier molecular flexibility index (Phi) is 7.11. The van der Waals surface area contributed by atoms with Gasteiger partial charge in [-0.25, -0.2) is 4.98 Å². The molecule has 1 heterocycles. The zero-order valence-electron chi connectivity index (χ0n) is 15.8. The van der Waals surface area contributed by atoms with Crippen molar-refractivity contribution in [3.05, 3.63) is 85.8 Å². The lowest BCUT2D eigenvalue weighted by atomic mass is 9.86. The monoisotopic (exact) mass is 432 g/mol. The van der Waals surface area contributed by atoms with Crippen LogP contribution in [0.3, 0.4) is 0 Å². The lowest BCUT2D eigenvalue weighted by Gasteiger charge is -2.26. The number of nitrogens with zero attached hydrogens (tertiary/aromatic N) is 1. The highest BCUT2D eigenvalue weighted by atomic mass is 35.5. The maximum absolute atomic E-state index is 12.5. The summed E-state index contributed by atoms with van der Waals surface area (Å²) in [7, 11) is 0. The van der Waals surface area contributed by atoms with Gasteiger partial charge in [-0.15, -0.1) is 11.3 Å². The molecule has 3 rings (SSSR count). The smallest absolute Gasteiger partial charge is 0.226 e. The molecule has 0 aliphatic carbocycles. The number of aryl methyl sites for hydroxylation is 1. The van der Waals surface area contributed by atoms with Crippen LogP contribution in [0.25, 0.3) is 0 Å². The van der Waals surface area contributed by atoms with E-state index in [1.807, 2.05) is 67.8 Å². The second-order valence-electron chi connectivity index (χ2n) is 6.88. The van der Waals surface area contributed by atoms with Gasteiger partial charge in [0, 0.05) is 27.4 Å². The molecule has 0 fully saturated rings. The summed E-state index contributed by atoms with van der Waals surface area (Å²) in [5.74, 6) is 0.0902. The van der Waals surface area contributed by atoms with Crippen LogP contribution in [0.2, 0.25) is 10.0 Å². The fraction of sp³-hybridized carbons (Fsp3) is 0.273. The highest BCUT2D eigenvalue weighted by Crippen LogP contribution is 2.27. The molecule has 1 amide bonds. The van der Waals surface area contributed by atoms with Gasteiger partial charge in [-0.05, 0) is 55.7 Å². The van der Waals surface area contributed by atoms with Crippen molar-refractivity contribution in [2.45, 2.75) is 38.6 Å². The molecular weight excluding hydrogens is 411 g/mol. The van der Waals surface area contributed by atoms with Gasteiger partial charge in [0.15, 0.2) is 0 Å². The average molecular weight is 433 g/mol. The Morgan fingerprint density at radius 1 is 1.07 bits per heavy atom. The molecule has 3 aromatic rings. The summed E-state index contributed by atoms with van der Waals surface area (Å²) in [6.07, 6.45) is 1.08. The molecule has 0 saturated heterocycles. The molecule has 3 nitrogen and oxygen atoms in total. The first-order valence-electron chi connectivity index (χ1n) is 9.11. The van der Waals surface area contributed by atoms with Crippen LogP contribution in [0.5, 0.6) is 0 Å². The number of hydrogen-bond acceptors (Lipinski definition) is 3. The lowest BCUT2D eigenvalue weighted by Crippen LogP contribution is -2.38. The molecule has 0 saturated carbocycles. The Balaban J connectivity index is 1.75. The average Bonchev–Trinajstić information content (AvgIpc) is 3.06. The molecule has 28 heavy (non-hydrogen) atoms. The van der Waals surface area contributed by atoms with Gasteiger partial charge in [0.05, 0.1) is 17.1 Å². The second-order valence-corrected chi connectivity index (χ2v) is 8.81.